The zero-order valence-electron chi connectivity index (χ0n) is 15.6. The van der Waals surface area contributed by atoms with E-state index in [2.05, 4.69) is 10.0 Å². The quantitative estimate of drug-likeness (QED) is 0.551. The number of aliphatic carboxylic acids is 1. The smallest absolute Gasteiger partial charge is 0.317 e. The van der Waals surface area contributed by atoms with E-state index in [1.165, 1.54) is 0 Å². The summed E-state index contributed by atoms with van der Waals surface area (Å²) < 4.78 is 26.0. The van der Waals surface area contributed by atoms with Gasteiger partial charge in [-0.25, -0.2) is 8.42 Å². The number of anilines is 1. The Morgan fingerprint density at radius 3 is 2.33 bits per heavy atom. The molecule has 0 radical (unpaired) electrons. The van der Waals surface area contributed by atoms with Gasteiger partial charge in [0.25, 0.3) is 5.91 Å². The lowest BCUT2D eigenvalue weighted by molar-refractivity contribution is -0.139. The molecular weight excluding hydrogens is 370 g/mol. The zero-order valence-corrected chi connectivity index (χ0v) is 16.5. The van der Waals surface area contributed by atoms with E-state index in [0.717, 1.165) is 12.8 Å². The summed E-state index contributed by atoms with van der Waals surface area (Å²) >= 11 is 0. The normalized spacial score (nSPS) is 19.4. The summed E-state index contributed by atoms with van der Waals surface area (Å²) in [4.78, 5) is 25.1. The van der Waals surface area contributed by atoms with Gasteiger partial charge in [0.2, 0.25) is 10.0 Å². The first-order valence-corrected chi connectivity index (χ1v) is 10.8. The van der Waals surface area contributed by atoms with Crippen LogP contribution >= 0.6 is 0 Å². The number of rotatable bonds is 10. The van der Waals surface area contributed by atoms with Gasteiger partial charge in [-0.2, -0.15) is 0 Å². The van der Waals surface area contributed by atoms with Crippen molar-refractivity contribution >= 4 is 27.6 Å². The Morgan fingerprint density at radius 2 is 1.81 bits per heavy atom. The van der Waals surface area contributed by atoms with Crippen LogP contribution < -0.4 is 10.0 Å². The van der Waals surface area contributed by atoms with Crippen molar-refractivity contribution in [3.63, 3.8) is 0 Å². The molecule has 1 aliphatic rings. The van der Waals surface area contributed by atoms with Gasteiger partial charge in [0, 0.05) is 23.3 Å². The van der Waals surface area contributed by atoms with Gasteiger partial charge < -0.3 is 10.4 Å². The van der Waals surface area contributed by atoms with E-state index in [4.69, 9.17) is 5.11 Å². The van der Waals surface area contributed by atoms with E-state index in [1.807, 2.05) is 11.8 Å². The molecule has 0 aromatic heterocycles. The van der Waals surface area contributed by atoms with Gasteiger partial charge in [-0.05, 0) is 50.1 Å². The third-order valence-corrected chi connectivity index (χ3v) is 6.10. The van der Waals surface area contributed by atoms with Crippen LogP contribution in [0.25, 0.3) is 0 Å². The molecule has 0 heterocycles. The molecule has 0 aliphatic heterocycles. The highest BCUT2D eigenvalue weighted by molar-refractivity contribution is 7.92. The Labute approximate surface area is 160 Å². The van der Waals surface area contributed by atoms with Crippen LogP contribution in [0.15, 0.2) is 24.3 Å². The predicted molar refractivity (Wildman–Crippen MR) is 103 cm³/mol. The summed E-state index contributed by atoms with van der Waals surface area (Å²) in [5.74, 6) is -1.02. The third kappa shape index (κ3) is 6.21. The zero-order chi connectivity index (χ0) is 20.0. The number of likely N-dealkylation sites (N-methyl/N-ethyl adjacent to an activating group) is 1. The summed E-state index contributed by atoms with van der Waals surface area (Å²) in [5, 5.41) is 11.8. The number of nitrogens with zero attached hydrogens (tertiary/aromatic N) is 1. The minimum absolute atomic E-state index is 0.0111. The number of hydrogen-bond donors (Lipinski definition) is 3. The van der Waals surface area contributed by atoms with Crippen molar-refractivity contribution in [1.29, 1.82) is 0 Å². The van der Waals surface area contributed by atoms with Crippen LogP contribution in [0.2, 0.25) is 0 Å². The van der Waals surface area contributed by atoms with Crippen molar-refractivity contribution in [3.05, 3.63) is 29.8 Å². The van der Waals surface area contributed by atoms with Gasteiger partial charge in [-0.3, -0.25) is 19.2 Å². The topological polar surface area (TPSA) is 116 Å². The van der Waals surface area contributed by atoms with Crippen LogP contribution in [0.1, 0.15) is 43.5 Å². The highest BCUT2D eigenvalue weighted by Crippen LogP contribution is 2.26. The molecule has 0 bridgehead atoms. The second-order valence-electron chi connectivity index (χ2n) is 6.75. The highest BCUT2D eigenvalue weighted by Gasteiger charge is 2.34. The Kier molecular flexibility index (Phi) is 7.20. The molecule has 0 atom stereocenters. The first kappa shape index (κ1) is 21.2. The van der Waals surface area contributed by atoms with Crippen molar-refractivity contribution in [2.75, 3.05) is 23.6 Å². The van der Waals surface area contributed by atoms with Crippen molar-refractivity contribution in [2.45, 2.75) is 45.2 Å². The predicted octanol–water partition coefficient (Wildman–Crippen LogP) is 1.51. The molecule has 150 valence electrons. The minimum atomic E-state index is -3.35. The summed E-state index contributed by atoms with van der Waals surface area (Å²) in [6.45, 7) is 4.38. The molecule has 0 unspecified atom stereocenters. The molecule has 0 saturated heterocycles. The van der Waals surface area contributed by atoms with Crippen LogP contribution in [-0.2, 0) is 14.8 Å². The van der Waals surface area contributed by atoms with Crippen LogP contribution in [0.4, 0.5) is 5.69 Å². The fraction of sp³-hybridized carbons (Fsp3) is 0.556. The molecule has 1 aromatic rings. The fourth-order valence-electron chi connectivity index (χ4n) is 3.13. The number of benzene rings is 1. The van der Waals surface area contributed by atoms with Gasteiger partial charge in [-0.1, -0.05) is 13.8 Å². The van der Waals surface area contributed by atoms with Crippen molar-refractivity contribution in [3.8, 4) is 0 Å². The Balaban J connectivity index is 1.84. The lowest BCUT2D eigenvalue weighted by atomic mass is 9.85. The van der Waals surface area contributed by atoms with Gasteiger partial charge in [0.15, 0.2) is 0 Å². The Bertz CT molecular complexity index is 758. The molecule has 1 aromatic carbocycles. The summed E-state index contributed by atoms with van der Waals surface area (Å²) in [6.07, 6.45) is 1.98. The average molecular weight is 397 g/mol. The van der Waals surface area contributed by atoms with E-state index in [-0.39, 0.29) is 30.3 Å². The maximum Gasteiger partial charge on any atom is 0.317 e. The Morgan fingerprint density at radius 1 is 1.19 bits per heavy atom. The average Bonchev–Trinajstić information content (AvgIpc) is 2.55. The molecule has 2 rings (SSSR count). The first-order valence-electron chi connectivity index (χ1n) is 9.11. The second kappa shape index (κ2) is 9.18. The van der Waals surface area contributed by atoms with Crippen molar-refractivity contribution in [2.24, 2.45) is 0 Å². The van der Waals surface area contributed by atoms with Crippen LogP contribution in [-0.4, -0.2) is 61.2 Å². The molecule has 9 heteroatoms. The monoisotopic (exact) mass is 397 g/mol. The number of sulfonamides is 1. The van der Waals surface area contributed by atoms with E-state index in [1.54, 1.807) is 31.2 Å². The summed E-state index contributed by atoms with van der Waals surface area (Å²) in [6, 6.07) is 6.49. The molecule has 1 aliphatic carbocycles. The minimum Gasteiger partial charge on any atom is -0.480 e. The lowest BCUT2D eigenvalue weighted by Crippen LogP contribution is -2.54. The number of carbonyl (C=O) groups is 2. The largest absolute Gasteiger partial charge is 0.480 e. The SMILES string of the molecule is CCCS(=O)(=O)Nc1ccc(C(=O)NC2CC(N(CC)CC(=O)O)C2)cc1. The molecule has 27 heavy (non-hydrogen) atoms. The number of nitrogens with one attached hydrogen (secondary N) is 2. The molecule has 8 nitrogen and oxygen atoms in total. The first-order chi connectivity index (χ1) is 12.7. The molecule has 1 fully saturated rings. The molecule has 1 amide bonds. The number of hydrogen-bond acceptors (Lipinski definition) is 5. The molecular formula is C18H27N3O5S. The molecule has 3 N–H and O–H groups in total. The highest BCUT2D eigenvalue weighted by atomic mass is 32.2. The summed E-state index contributed by atoms with van der Waals surface area (Å²) in [7, 11) is -3.35. The van der Waals surface area contributed by atoms with E-state index < -0.39 is 16.0 Å². The molecule has 0 spiro atoms. The summed E-state index contributed by atoms with van der Waals surface area (Å²) in [5.41, 5.74) is 0.880. The van der Waals surface area contributed by atoms with Crippen molar-refractivity contribution in [1.82, 2.24) is 10.2 Å². The van der Waals surface area contributed by atoms with Gasteiger partial charge in [-0.15, -0.1) is 0 Å². The van der Waals surface area contributed by atoms with E-state index >= 15 is 0 Å². The van der Waals surface area contributed by atoms with Crippen molar-refractivity contribution < 1.29 is 23.1 Å². The fourth-order valence-corrected chi connectivity index (χ4v) is 4.27. The molecule has 1 saturated carbocycles. The number of carboxylic acid groups (broad SMARTS) is 1. The van der Waals surface area contributed by atoms with E-state index in [9.17, 15) is 18.0 Å². The van der Waals surface area contributed by atoms with Crippen LogP contribution in [0.3, 0.4) is 0 Å². The van der Waals surface area contributed by atoms with Gasteiger partial charge in [0.05, 0.1) is 12.3 Å². The number of carbonyl (C=O) groups excluding carboxylic acids is 1. The van der Waals surface area contributed by atoms with Gasteiger partial charge >= 0.3 is 5.97 Å². The maximum atomic E-state index is 12.3. The van der Waals surface area contributed by atoms with Crippen LogP contribution in [0.5, 0.6) is 0 Å². The second-order valence-corrected chi connectivity index (χ2v) is 8.59. The Hall–Kier alpha value is -2.13. The lowest BCUT2D eigenvalue weighted by Gasteiger charge is -2.42. The standard InChI is InChI=1S/C18H27N3O5S/c1-3-9-27(25,26)20-14-7-5-13(6-8-14)18(24)19-15-10-16(11-15)21(4-2)12-17(22)23/h5-8,15-16,20H,3-4,9-12H2,1-2H3,(H,19,24)(H,22,23). The number of carboxylic acids is 1. The maximum absolute atomic E-state index is 12.3. The van der Waals surface area contributed by atoms with E-state index in [0.29, 0.717) is 24.2 Å². The van der Waals surface area contributed by atoms with Crippen LogP contribution in [0, 0.1) is 0 Å². The third-order valence-electron chi connectivity index (χ3n) is 4.60. The van der Waals surface area contributed by atoms with Gasteiger partial charge in [0.1, 0.15) is 0 Å². The number of amides is 1.